The number of nitrogens with zero attached hydrogens (tertiary/aromatic N) is 1. The van der Waals surface area contributed by atoms with Crippen molar-refractivity contribution in [3.05, 3.63) is 64.2 Å². The van der Waals surface area contributed by atoms with Crippen molar-refractivity contribution >= 4 is 5.69 Å². The van der Waals surface area contributed by atoms with Crippen LogP contribution < -0.4 is 10.1 Å². The maximum atomic E-state index is 10.6. The van der Waals surface area contributed by atoms with Crippen molar-refractivity contribution in [3.8, 4) is 11.5 Å². The molecular weight excluding hydrogens is 284 g/mol. The van der Waals surface area contributed by atoms with Gasteiger partial charge in [0.05, 0.1) is 11.5 Å². The van der Waals surface area contributed by atoms with Crippen molar-refractivity contribution in [2.45, 2.75) is 12.5 Å². The van der Waals surface area contributed by atoms with Gasteiger partial charge in [0.1, 0.15) is 11.5 Å². The Bertz CT molecular complexity index is 611. The SMILES string of the molecule is CNC(CCOc1ccc([N+](=O)[O-])cc1)c1ccc(O)cc1. The molecule has 1 atom stereocenters. The topological polar surface area (TPSA) is 84.6 Å². The monoisotopic (exact) mass is 302 g/mol. The molecule has 0 saturated heterocycles. The second-order valence-electron chi connectivity index (χ2n) is 4.82. The van der Waals surface area contributed by atoms with Crippen molar-refractivity contribution in [2.75, 3.05) is 13.7 Å². The Kier molecular flexibility index (Phi) is 5.32. The van der Waals surface area contributed by atoms with Gasteiger partial charge in [-0.2, -0.15) is 0 Å². The molecule has 0 bridgehead atoms. The highest BCUT2D eigenvalue weighted by Crippen LogP contribution is 2.21. The zero-order chi connectivity index (χ0) is 15.9. The van der Waals surface area contributed by atoms with E-state index in [9.17, 15) is 15.2 Å². The average Bonchev–Trinajstić information content (AvgIpc) is 2.53. The van der Waals surface area contributed by atoms with Gasteiger partial charge >= 0.3 is 0 Å². The van der Waals surface area contributed by atoms with Crippen molar-refractivity contribution < 1.29 is 14.8 Å². The predicted octanol–water partition coefficient (Wildman–Crippen LogP) is 3.03. The molecule has 0 aliphatic rings. The largest absolute Gasteiger partial charge is 0.508 e. The predicted molar refractivity (Wildman–Crippen MR) is 83.1 cm³/mol. The van der Waals surface area contributed by atoms with Gasteiger partial charge in [-0.05, 0) is 36.9 Å². The highest BCUT2D eigenvalue weighted by Gasteiger charge is 2.10. The molecule has 116 valence electrons. The highest BCUT2D eigenvalue weighted by molar-refractivity contribution is 5.36. The van der Waals surface area contributed by atoms with Crippen LogP contribution in [0, 0.1) is 10.1 Å². The molecule has 22 heavy (non-hydrogen) atoms. The molecule has 0 heterocycles. The summed E-state index contributed by atoms with van der Waals surface area (Å²) in [7, 11) is 1.86. The molecule has 0 aliphatic heterocycles. The number of non-ortho nitro benzene ring substituents is 1. The lowest BCUT2D eigenvalue weighted by molar-refractivity contribution is -0.384. The van der Waals surface area contributed by atoms with Gasteiger partial charge in [0.25, 0.3) is 5.69 Å². The molecule has 0 aliphatic carbocycles. The molecule has 0 amide bonds. The first-order chi connectivity index (χ1) is 10.6. The van der Waals surface area contributed by atoms with Crippen LogP contribution in [0.4, 0.5) is 5.69 Å². The van der Waals surface area contributed by atoms with Gasteiger partial charge in [-0.3, -0.25) is 10.1 Å². The van der Waals surface area contributed by atoms with Crippen LogP contribution in [-0.4, -0.2) is 23.7 Å². The molecule has 0 spiro atoms. The van der Waals surface area contributed by atoms with Crippen molar-refractivity contribution in [1.82, 2.24) is 5.32 Å². The Balaban J connectivity index is 1.88. The van der Waals surface area contributed by atoms with E-state index in [2.05, 4.69) is 5.32 Å². The summed E-state index contributed by atoms with van der Waals surface area (Å²) in [5, 5.41) is 23.1. The zero-order valence-electron chi connectivity index (χ0n) is 12.2. The fraction of sp³-hybridized carbons (Fsp3) is 0.250. The van der Waals surface area contributed by atoms with Crippen LogP contribution in [0.3, 0.4) is 0 Å². The van der Waals surface area contributed by atoms with E-state index in [1.165, 1.54) is 12.1 Å². The van der Waals surface area contributed by atoms with Gasteiger partial charge in [-0.1, -0.05) is 12.1 Å². The molecule has 0 fully saturated rings. The van der Waals surface area contributed by atoms with E-state index < -0.39 is 4.92 Å². The molecule has 0 radical (unpaired) electrons. The number of ether oxygens (including phenoxy) is 1. The van der Waals surface area contributed by atoms with Crippen molar-refractivity contribution in [2.24, 2.45) is 0 Å². The Morgan fingerprint density at radius 3 is 2.36 bits per heavy atom. The smallest absolute Gasteiger partial charge is 0.269 e. The minimum atomic E-state index is -0.439. The number of hydrogen-bond acceptors (Lipinski definition) is 5. The van der Waals surface area contributed by atoms with Crippen LogP contribution in [0.5, 0.6) is 11.5 Å². The maximum absolute atomic E-state index is 10.6. The van der Waals surface area contributed by atoms with E-state index in [-0.39, 0.29) is 17.5 Å². The summed E-state index contributed by atoms with van der Waals surface area (Å²) in [5.41, 5.74) is 1.11. The molecule has 0 saturated carbocycles. The number of nitrogens with one attached hydrogen (secondary N) is 1. The minimum Gasteiger partial charge on any atom is -0.508 e. The first kappa shape index (κ1) is 15.8. The van der Waals surface area contributed by atoms with Crippen LogP contribution in [0.1, 0.15) is 18.0 Å². The molecule has 0 aromatic heterocycles. The first-order valence-corrected chi connectivity index (χ1v) is 6.93. The molecule has 2 rings (SSSR count). The summed E-state index contributed by atoms with van der Waals surface area (Å²) in [4.78, 5) is 10.1. The quantitative estimate of drug-likeness (QED) is 0.606. The lowest BCUT2D eigenvalue weighted by Crippen LogP contribution is -2.19. The van der Waals surface area contributed by atoms with Gasteiger partial charge < -0.3 is 15.2 Å². The van der Waals surface area contributed by atoms with E-state index in [4.69, 9.17) is 4.74 Å². The fourth-order valence-corrected chi connectivity index (χ4v) is 2.14. The third kappa shape index (κ3) is 4.20. The highest BCUT2D eigenvalue weighted by atomic mass is 16.6. The van der Waals surface area contributed by atoms with Gasteiger partial charge in [-0.25, -0.2) is 0 Å². The minimum absolute atomic E-state index is 0.0459. The summed E-state index contributed by atoms with van der Waals surface area (Å²) in [5.74, 6) is 0.840. The zero-order valence-corrected chi connectivity index (χ0v) is 12.2. The first-order valence-electron chi connectivity index (χ1n) is 6.93. The van der Waals surface area contributed by atoms with Gasteiger partial charge in [0.15, 0.2) is 0 Å². The van der Waals surface area contributed by atoms with Crippen LogP contribution >= 0.6 is 0 Å². The van der Waals surface area contributed by atoms with E-state index in [1.54, 1.807) is 24.3 Å². The van der Waals surface area contributed by atoms with Crippen LogP contribution in [-0.2, 0) is 0 Å². The Morgan fingerprint density at radius 1 is 1.18 bits per heavy atom. The van der Waals surface area contributed by atoms with E-state index in [0.717, 1.165) is 12.0 Å². The van der Waals surface area contributed by atoms with Gasteiger partial charge in [-0.15, -0.1) is 0 Å². The third-order valence-corrected chi connectivity index (χ3v) is 3.37. The Hall–Kier alpha value is -2.60. The number of benzene rings is 2. The number of nitro groups is 1. The second-order valence-corrected chi connectivity index (χ2v) is 4.82. The Morgan fingerprint density at radius 2 is 1.82 bits per heavy atom. The van der Waals surface area contributed by atoms with Crippen molar-refractivity contribution in [3.63, 3.8) is 0 Å². The van der Waals surface area contributed by atoms with Gasteiger partial charge in [0.2, 0.25) is 0 Å². The number of aromatic hydroxyl groups is 1. The summed E-state index contributed by atoms with van der Waals surface area (Å²) in [6, 6.07) is 13.2. The molecule has 2 N–H and O–H groups in total. The number of phenolic OH excluding ortho intramolecular Hbond substituents is 1. The maximum Gasteiger partial charge on any atom is 0.269 e. The standard InChI is InChI=1S/C16H18N2O4/c1-17-16(12-2-6-14(19)7-3-12)10-11-22-15-8-4-13(5-9-15)18(20)21/h2-9,16-17,19H,10-11H2,1H3. The van der Waals surface area contributed by atoms with Crippen molar-refractivity contribution in [1.29, 1.82) is 0 Å². The lowest BCUT2D eigenvalue weighted by atomic mass is 10.0. The molecule has 2 aromatic rings. The second kappa shape index (κ2) is 7.42. The summed E-state index contributed by atoms with van der Waals surface area (Å²) in [6.07, 6.45) is 0.734. The number of rotatable bonds is 7. The van der Waals surface area contributed by atoms with E-state index in [1.807, 2.05) is 19.2 Å². The molecule has 6 heteroatoms. The number of phenols is 1. The summed E-state index contributed by atoms with van der Waals surface area (Å²) in [6.45, 7) is 0.476. The lowest BCUT2D eigenvalue weighted by Gasteiger charge is -2.17. The fourth-order valence-electron chi connectivity index (χ4n) is 2.14. The molecular formula is C16H18N2O4. The van der Waals surface area contributed by atoms with Crippen LogP contribution in [0.15, 0.2) is 48.5 Å². The van der Waals surface area contributed by atoms with E-state index >= 15 is 0 Å². The van der Waals surface area contributed by atoms with Crippen LogP contribution in [0.2, 0.25) is 0 Å². The molecule has 1 unspecified atom stereocenters. The average molecular weight is 302 g/mol. The third-order valence-electron chi connectivity index (χ3n) is 3.37. The number of nitro benzene ring substituents is 1. The molecule has 2 aromatic carbocycles. The summed E-state index contributed by atoms with van der Waals surface area (Å²) < 4.78 is 5.61. The van der Waals surface area contributed by atoms with Crippen LogP contribution in [0.25, 0.3) is 0 Å². The summed E-state index contributed by atoms with van der Waals surface area (Å²) >= 11 is 0. The molecule has 6 nitrogen and oxygen atoms in total. The van der Waals surface area contributed by atoms with E-state index in [0.29, 0.717) is 12.4 Å². The number of hydrogen-bond donors (Lipinski definition) is 2. The van der Waals surface area contributed by atoms with Gasteiger partial charge in [0, 0.05) is 24.6 Å². The Labute approximate surface area is 128 Å². The normalized spacial score (nSPS) is 11.9.